The van der Waals surface area contributed by atoms with Crippen molar-refractivity contribution in [3.63, 3.8) is 0 Å². The summed E-state index contributed by atoms with van der Waals surface area (Å²) in [6, 6.07) is 0. The Morgan fingerprint density at radius 3 is 1.36 bits per heavy atom. The summed E-state index contributed by atoms with van der Waals surface area (Å²) in [4.78, 5) is 38.1. The highest BCUT2D eigenvalue weighted by Crippen LogP contribution is 2.14. The predicted molar refractivity (Wildman–Crippen MR) is 193 cm³/mol. The number of hydrogen-bond donors (Lipinski definition) is 6. The van der Waals surface area contributed by atoms with Crippen LogP contribution >= 0.6 is 0 Å². The number of unbranched alkanes of at least 4 members (excludes halogenated alkanes) is 20. The van der Waals surface area contributed by atoms with Crippen LogP contribution in [0.1, 0.15) is 168 Å². The van der Waals surface area contributed by atoms with Crippen LogP contribution in [-0.2, 0) is 14.4 Å². The summed E-state index contributed by atoms with van der Waals surface area (Å²) in [5.74, 6) is -1.61. The third-order valence-electron chi connectivity index (χ3n) is 8.97. The van der Waals surface area contributed by atoms with E-state index < -0.39 is 37.2 Å². The lowest BCUT2D eigenvalue weighted by molar-refractivity contribution is -0.130. The van der Waals surface area contributed by atoms with Crippen molar-refractivity contribution in [1.29, 1.82) is 0 Å². The number of amides is 3. The van der Waals surface area contributed by atoms with Crippen molar-refractivity contribution in [2.24, 2.45) is 5.92 Å². The molecule has 6 N–H and O–H groups in total. The van der Waals surface area contributed by atoms with Crippen LogP contribution in [0.2, 0.25) is 0 Å². The van der Waals surface area contributed by atoms with Crippen LogP contribution in [0, 0.1) is 5.92 Å². The van der Waals surface area contributed by atoms with Crippen molar-refractivity contribution in [2.75, 3.05) is 32.9 Å². The van der Waals surface area contributed by atoms with Gasteiger partial charge >= 0.3 is 0 Å². The molecule has 0 rings (SSSR count). The second-order valence-corrected chi connectivity index (χ2v) is 13.5. The zero-order valence-electron chi connectivity index (χ0n) is 30.3. The zero-order valence-corrected chi connectivity index (χ0v) is 30.3. The average molecular weight is 668 g/mol. The van der Waals surface area contributed by atoms with Crippen molar-refractivity contribution < 1.29 is 29.7 Å². The molecule has 0 fully saturated rings. The summed E-state index contributed by atoms with van der Waals surface area (Å²) in [6.07, 6.45) is 30.1. The van der Waals surface area contributed by atoms with Crippen molar-refractivity contribution in [3.05, 3.63) is 12.2 Å². The molecule has 9 heteroatoms. The standard InChI is InChI=1S/C38H73N3O6/c1-3-5-7-9-11-13-15-17-19-21-23-28-39-36(46)30-34(26-25-27-35(45)41-38(31-42,32-43)33-44)37(47)40-29-24-22-20-18-16-14-12-10-8-6-4-2/h25,27,34,42-44H,3-24,26,28-33H2,1-2H3,(H,39,46)(H,40,47)(H,41,45)/b27-25+. The number of carbonyl (C=O) groups is 3. The predicted octanol–water partition coefficient (Wildman–Crippen LogP) is 6.63. The van der Waals surface area contributed by atoms with Gasteiger partial charge in [0.1, 0.15) is 5.54 Å². The van der Waals surface area contributed by atoms with E-state index in [1.807, 2.05) is 0 Å². The van der Waals surface area contributed by atoms with Gasteiger partial charge in [0, 0.05) is 19.5 Å². The molecule has 1 atom stereocenters. The summed E-state index contributed by atoms with van der Waals surface area (Å²) >= 11 is 0. The topological polar surface area (TPSA) is 148 Å². The van der Waals surface area contributed by atoms with E-state index in [0.717, 1.165) is 32.1 Å². The Kier molecular flexibility index (Phi) is 31.2. The smallest absolute Gasteiger partial charge is 0.244 e. The van der Waals surface area contributed by atoms with E-state index in [0.29, 0.717) is 13.1 Å². The number of hydrogen-bond acceptors (Lipinski definition) is 6. The molecular weight excluding hydrogens is 594 g/mol. The quantitative estimate of drug-likeness (QED) is 0.0336. The maximum Gasteiger partial charge on any atom is 0.244 e. The highest BCUT2D eigenvalue weighted by atomic mass is 16.3. The van der Waals surface area contributed by atoms with Gasteiger partial charge in [0.2, 0.25) is 17.7 Å². The van der Waals surface area contributed by atoms with E-state index in [2.05, 4.69) is 29.8 Å². The molecule has 0 bridgehead atoms. The van der Waals surface area contributed by atoms with Gasteiger partial charge in [-0.2, -0.15) is 0 Å². The Balaban J connectivity index is 4.57. The lowest BCUT2D eigenvalue weighted by atomic mass is 9.98. The minimum Gasteiger partial charge on any atom is -0.394 e. The van der Waals surface area contributed by atoms with E-state index in [9.17, 15) is 29.7 Å². The van der Waals surface area contributed by atoms with E-state index in [1.165, 1.54) is 121 Å². The largest absolute Gasteiger partial charge is 0.394 e. The average Bonchev–Trinajstić information content (AvgIpc) is 3.07. The lowest BCUT2D eigenvalue weighted by Gasteiger charge is -2.27. The van der Waals surface area contributed by atoms with Crippen molar-refractivity contribution in [3.8, 4) is 0 Å². The normalized spacial score (nSPS) is 12.4. The number of allylic oxidation sites excluding steroid dienone is 1. The van der Waals surface area contributed by atoms with Gasteiger partial charge in [0.15, 0.2) is 0 Å². The Morgan fingerprint density at radius 1 is 0.574 bits per heavy atom. The van der Waals surface area contributed by atoms with Crippen molar-refractivity contribution >= 4 is 17.7 Å². The molecule has 0 spiro atoms. The van der Waals surface area contributed by atoms with Crippen LogP contribution in [0.25, 0.3) is 0 Å². The molecule has 0 saturated carbocycles. The minimum atomic E-state index is -1.53. The van der Waals surface area contributed by atoms with E-state index in [4.69, 9.17) is 0 Å². The lowest BCUT2D eigenvalue weighted by Crippen LogP contribution is -2.56. The zero-order chi connectivity index (χ0) is 34.9. The molecule has 3 amide bonds. The fourth-order valence-electron chi connectivity index (χ4n) is 5.65. The van der Waals surface area contributed by atoms with Crippen molar-refractivity contribution in [1.82, 2.24) is 16.0 Å². The molecule has 276 valence electrons. The molecule has 9 nitrogen and oxygen atoms in total. The molecular formula is C38H73N3O6. The molecule has 0 aliphatic rings. The molecule has 0 aliphatic carbocycles. The van der Waals surface area contributed by atoms with E-state index >= 15 is 0 Å². The molecule has 0 saturated heterocycles. The third kappa shape index (κ3) is 26.6. The van der Waals surface area contributed by atoms with Gasteiger partial charge in [-0.05, 0) is 25.3 Å². The van der Waals surface area contributed by atoms with Gasteiger partial charge in [-0.15, -0.1) is 0 Å². The first-order valence-corrected chi connectivity index (χ1v) is 19.2. The maximum absolute atomic E-state index is 13.1. The summed E-state index contributed by atoms with van der Waals surface area (Å²) in [6.45, 7) is 3.76. The van der Waals surface area contributed by atoms with Crippen LogP contribution in [-0.4, -0.2) is 71.5 Å². The molecule has 0 aromatic carbocycles. The SMILES string of the molecule is CCCCCCCCCCCCCNC(=O)CC(C/C=C/C(=O)NC(CO)(CO)CO)C(=O)NCCCCCCCCCCCCC. The summed E-state index contributed by atoms with van der Waals surface area (Å²) < 4.78 is 0. The first kappa shape index (κ1) is 45.0. The maximum atomic E-state index is 13.1. The van der Waals surface area contributed by atoms with Gasteiger partial charge in [-0.3, -0.25) is 14.4 Å². The number of nitrogens with one attached hydrogen (secondary N) is 3. The molecule has 0 radical (unpaired) electrons. The van der Waals surface area contributed by atoms with Gasteiger partial charge in [0.25, 0.3) is 0 Å². The fraction of sp³-hybridized carbons (Fsp3) is 0.868. The van der Waals surface area contributed by atoms with Crippen LogP contribution in [0.5, 0.6) is 0 Å². The molecule has 0 aromatic rings. The minimum absolute atomic E-state index is 0.0297. The van der Waals surface area contributed by atoms with Crippen LogP contribution in [0.3, 0.4) is 0 Å². The van der Waals surface area contributed by atoms with Crippen molar-refractivity contribution in [2.45, 2.75) is 173 Å². The summed E-state index contributed by atoms with van der Waals surface area (Å²) in [5, 5.41) is 36.7. The first-order valence-electron chi connectivity index (χ1n) is 19.2. The Labute approximate surface area is 287 Å². The summed E-state index contributed by atoms with van der Waals surface area (Å²) in [5.41, 5.74) is -1.53. The second kappa shape index (κ2) is 32.6. The number of carbonyl (C=O) groups excluding carboxylic acids is 3. The molecule has 0 aromatic heterocycles. The van der Waals surface area contributed by atoms with Gasteiger partial charge in [-0.25, -0.2) is 0 Å². The van der Waals surface area contributed by atoms with Gasteiger partial charge < -0.3 is 31.3 Å². The Hall–Kier alpha value is -1.97. The van der Waals surface area contributed by atoms with Gasteiger partial charge in [-0.1, -0.05) is 148 Å². The highest BCUT2D eigenvalue weighted by molar-refractivity contribution is 5.89. The number of rotatable bonds is 34. The highest BCUT2D eigenvalue weighted by Gasteiger charge is 2.29. The van der Waals surface area contributed by atoms with Crippen LogP contribution < -0.4 is 16.0 Å². The third-order valence-corrected chi connectivity index (χ3v) is 8.97. The Morgan fingerprint density at radius 2 is 0.957 bits per heavy atom. The molecule has 0 aliphatic heterocycles. The molecule has 0 heterocycles. The molecule has 47 heavy (non-hydrogen) atoms. The first-order chi connectivity index (χ1) is 22.9. The number of aliphatic hydroxyl groups excluding tert-OH is 3. The monoisotopic (exact) mass is 668 g/mol. The fourth-order valence-corrected chi connectivity index (χ4v) is 5.65. The van der Waals surface area contributed by atoms with E-state index in [1.54, 1.807) is 0 Å². The Bertz CT molecular complexity index is 779. The number of aliphatic hydroxyl groups is 3. The van der Waals surface area contributed by atoms with Crippen LogP contribution in [0.15, 0.2) is 12.2 Å². The van der Waals surface area contributed by atoms with Crippen LogP contribution in [0.4, 0.5) is 0 Å². The summed E-state index contributed by atoms with van der Waals surface area (Å²) in [7, 11) is 0. The molecule has 1 unspecified atom stereocenters. The van der Waals surface area contributed by atoms with Gasteiger partial charge in [0.05, 0.1) is 25.7 Å². The van der Waals surface area contributed by atoms with E-state index in [-0.39, 0.29) is 24.7 Å². The second-order valence-electron chi connectivity index (χ2n) is 13.5.